The van der Waals surface area contributed by atoms with Crippen LogP contribution < -0.4 is 5.01 Å². The summed E-state index contributed by atoms with van der Waals surface area (Å²) in [5.41, 5.74) is 5.08. The molecule has 2 atom stereocenters. The molecule has 0 spiro atoms. The quantitative estimate of drug-likeness (QED) is 0.245. The molecule has 0 saturated heterocycles. The lowest BCUT2D eigenvalue weighted by Gasteiger charge is -2.29. The predicted molar refractivity (Wildman–Crippen MR) is 134 cm³/mol. The monoisotopic (exact) mass is 472 g/mol. The highest BCUT2D eigenvalue weighted by Crippen LogP contribution is 2.47. The number of Topliss-reactive ketones (excluding diaryl/α,β-unsaturated/α-hetero) is 1. The van der Waals surface area contributed by atoms with Gasteiger partial charge in [0.1, 0.15) is 0 Å². The van der Waals surface area contributed by atoms with Crippen LogP contribution in [0.1, 0.15) is 58.7 Å². The maximum Gasteiger partial charge on any atom is 0.269 e. The van der Waals surface area contributed by atoms with E-state index in [4.69, 9.17) is 10.1 Å². The Balaban J connectivity index is 1.57. The Morgan fingerprint density at radius 1 is 1.18 bits per heavy atom. The maximum atomic E-state index is 12.1. The van der Waals surface area contributed by atoms with Gasteiger partial charge in [-0.25, -0.2) is 9.99 Å². The third kappa shape index (κ3) is 4.05. The number of fused-ring (bicyclic) bond motifs is 1. The molecule has 0 bridgehead atoms. The summed E-state index contributed by atoms with van der Waals surface area (Å²) < 4.78 is 0. The van der Waals surface area contributed by atoms with Gasteiger partial charge in [-0.3, -0.25) is 14.9 Å². The lowest BCUT2D eigenvalue weighted by Crippen LogP contribution is -2.28. The van der Waals surface area contributed by atoms with Crippen molar-refractivity contribution in [2.45, 2.75) is 39.2 Å². The van der Waals surface area contributed by atoms with E-state index in [0.29, 0.717) is 4.88 Å². The molecule has 3 aromatic rings. The number of nitro groups is 1. The summed E-state index contributed by atoms with van der Waals surface area (Å²) in [6.45, 7) is 3.43. The van der Waals surface area contributed by atoms with Gasteiger partial charge in [0.2, 0.25) is 5.13 Å². The summed E-state index contributed by atoms with van der Waals surface area (Å²) in [7, 11) is 0. The Kier molecular flexibility index (Phi) is 5.83. The normalized spacial score (nSPS) is 20.8. The van der Waals surface area contributed by atoms with Crippen molar-refractivity contribution in [3.63, 3.8) is 0 Å². The average Bonchev–Trinajstić information content (AvgIpc) is 3.41. The molecule has 8 heteroatoms. The van der Waals surface area contributed by atoms with Crippen LogP contribution in [0.25, 0.3) is 6.08 Å². The van der Waals surface area contributed by atoms with Crippen LogP contribution in [0.15, 0.2) is 65.3 Å². The summed E-state index contributed by atoms with van der Waals surface area (Å²) in [6.07, 6.45) is 5.04. The van der Waals surface area contributed by atoms with E-state index in [1.807, 2.05) is 30.1 Å². The van der Waals surface area contributed by atoms with E-state index in [1.165, 1.54) is 29.0 Å². The zero-order valence-electron chi connectivity index (χ0n) is 19.0. The van der Waals surface area contributed by atoms with E-state index in [-0.39, 0.29) is 28.4 Å². The van der Waals surface area contributed by atoms with Gasteiger partial charge >= 0.3 is 0 Å². The summed E-state index contributed by atoms with van der Waals surface area (Å²) in [4.78, 5) is 28.1. The molecule has 2 heterocycles. The number of hydrazone groups is 1. The van der Waals surface area contributed by atoms with Crippen LogP contribution in [0.5, 0.6) is 0 Å². The van der Waals surface area contributed by atoms with Gasteiger partial charge in [0, 0.05) is 25.0 Å². The molecule has 2 aliphatic rings. The highest BCUT2D eigenvalue weighted by atomic mass is 32.1. The lowest BCUT2D eigenvalue weighted by atomic mass is 9.77. The molecule has 1 saturated carbocycles. The number of nitro benzene ring substituents is 1. The number of ketones is 1. The van der Waals surface area contributed by atoms with Gasteiger partial charge in [-0.15, -0.1) is 0 Å². The maximum absolute atomic E-state index is 12.1. The van der Waals surface area contributed by atoms with Crippen molar-refractivity contribution in [3.8, 4) is 0 Å². The van der Waals surface area contributed by atoms with E-state index < -0.39 is 0 Å². The molecular formula is C26H24N4O3S. The number of hydrogen-bond donors (Lipinski definition) is 0. The number of carbonyl (C=O) groups is 1. The SMILES string of the molecule is CC(=O)c1sc(N2N=C3/C(=C\c4ccc([N+](=O)[O-])cc4)CCC[C@H]3[C@H]2c2ccccc2)nc1C. The van der Waals surface area contributed by atoms with Gasteiger partial charge in [-0.1, -0.05) is 41.7 Å². The van der Waals surface area contributed by atoms with Crippen molar-refractivity contribution in [1.29, 1.82) is 0 Å². The zero-order chi connectivity index (χ0) is 23.8. The summed E-state index contributed by atoms with van der Waals surface area (Å²) in [5.74, 6) is 0.214. The Labute approximate surface area is 201 Å². The number of thiazole rings is 1. The third-order valence-electron chi connectivity index (χ3n) is 6.39. The fourth-order valence-corrected chi connectivity index (χ4v) is 5.79. The summed E-state index contributed by atoms with van der Waals surface area (Å²) >= 11 is 1.39. The second kappa shape index (κ2) is 8.95. The zero-order valence-corrected chi connectivity index (χ0v) is 19.8. The van der Waals surface area contributed by atoms with Gasteiger partial charge in [0.05, 0.1) is 27.2 Å². The van der Waals surface area contributed by atoms with E-state index >= 15 is 0 Å². The van der Waals surface area contributed by atoms with Gasteiger partial charge in [0.25, 0.3) is 5.69 Å². The average molecular weight is 473 g/mol. The van der Waals surface area contributed by atoms with Crippen molar-refractivity contribution in [3.05, 3.63) is 92.0 Å². The minimum atomic E-state index is -0.387. The minimum absolute atomic E-state index is 0.00196. The second-order valence-corrected chi connectivity index (χ2v) is 9.65. The number of hydrogen-bond acceptors (Lipinski definition) is 7. The van der Waals surface area contributed by atoms with Crippen LogP contribution >= 0.6 is 11.3 Å². The molecule has 0 unspecified atom stereocenters. The first kappa shape index (κ1) is 22.2. The molecule has 0 N–H and O–H groups in total. The molecule has 5 rings (SSSR count). The number of rotatable bonds is 5. The van der Waals surface area contributed by atoms with E-state index in [9.17, 15) is 14.9 Å². The number of aryl methyl sites for hydroxylation is 1. The van der Waals surface area contributed by atoms with E-state index in [2.05, 4.69) is 18.2 Å². The standard InChI is InChI=1S/C26H24N4O3S/c1-16-25(17(2)31)34-26(27-16)29-24(19-7-4-3-5-8-19)22-10-6-9-20(23(22)28-29)15-18-11-13-21(14-12-18)30(32)33/h3-5,7-8,11-15,22,24H,6,9-10H2,1-2H3/b20-15-/t22-,24-/m1/s1. The van der Waals surface area contributed by atoms with Gasteiger partial charge < -0.3 is 0 Å². The molecule has 172 valence electrons. The number of anilines is 1. The molecule has 0 amide bonds. The molecule has 1 aliphatic carbocycles. The van der Waals surface area contributed by atoms with Gasteiger partial charge in [-0.05, 0) is 61.1 Å². The van der Waals surface area contributed by atoms with Gasteiger partial charge in [-0.2, -0.15) is 5.10 Å². The predicted octanol–water partition coefficient (Wildman–Crippen LogP) is 6.36. The summed E-state index contributed by atoms with van der Waals surface area (Å²) in [6, 6.07) is 16.9. The molecular weight excluding hydrogens is 448 g/mol. The number of allylic oxidation sites excluding steroid dienone is 1. The van der Waals surface area contributed by atoms with Crippen LogP contribution in [-0.2, 0) is 0 Å². The van der Waals surface area contributed by atoms with Crippen molar-refractivity contribution in [2.75, 3.05) is 5.01 Å². The minimum Gasteiger partial charge on any atom is -0.294 e. The van der Waals surface area contributed by atoms with Gasteiger partial charge in [0.15, 0.2) is 5.78 Å². The molecule has 34 heavy (non-hydrogen) atoms. The topological polar surface area (TPSA) is 88.7 Å². The molecule has 1 aromatic heterocycles. The first-order valence-electron chi connectivity index (χ1n) is 11.3. The molecule has 2 aromatic carbocycles. The van der Waals surface area contributed by atoms with E-state index in [1.54, 1.807) is 19.1 Å². The highest BCUT2D eigenvalue weighted by molar-refractivity contribution is 7.17. The van der Waals surface area contributed by atoms with Crippen molar-refractivity contribution in [1.82, 2.24) is 4.98 Å². The Morgan fingerprint density at radius 2 is 1.91 bits per heavy atom. The van der Waals surface area contributed by atoms with Crippen molar-refractivity contribution in [2.24, 2.45) is 11.0 Å². The number of benzene rings is 2. The van der Waals surface area contributed by atoms with Crippen LogP contribution in [0, 0.1) is 23.0 Å². The molecule has 7 nitrogen and oxygen atoms in total. The third-order valence-corrected chi connectivity index (χ3v) is 7.64. The van der Waals surface area contributed by atoms with Crippen molar-refractivity contribution < 1.29 is 9.72 Å². The number of carbonyl (C=O) groups excluding carboxylic acids is 1. The largest absolute Gasteiger partial charge is 0.294 e. The lowest BCUT2D eigenvalue weighted by molar-refractivity contribution is -0.384. The van der Waals surface area contributed by atoms with Crippen LogP contribution in [0.2, 0.25) is 0 Å². The van der Waals surface area contributed by atoms with Crippen molar-refractivity contribution >= 4 is 39.7 Å². The Hall–Kier alpha value is -3.65. The molecule has 1 fully saturated rings. The fourth-order valence-electron chi connectivity index (χ4n) is 4.84. The second-order valence-electron chi connectivity index (χ2n) is 8.67. The fraction of sp³-hybridized carbons (Fsp3) is 0.269. The van der Waals surface area contributed by atoms with Crippen LogP contribution in [0.3, 0.4) is 0 Å². The first-order chi connectivity index (χ1) is 16.4. The Morgan fingerprint density at radius 3 is 2.56 bits per heavy atom. The number of nitrogens with zero attached hydrogens (tertiary/aromatic N) is 4. The summed E-state index contributed by atoms with van der Waals surface area (Å²) in [5, 5.41) is 18.8. The van der Waals surface area contributed by atoms with Crippen LogP contribution in [0.4, 0.5) is 10.8 Å². The smallest absolute Gasteiger partial charge is 0.269 e. The van der Waals surface area contributed by atoms with Crippen LogP contribution in [-0.4, -0.2) is 21.4 Å². The first-order valence-corrected chi connectivity index (χ1v) is 12.1. The Bertz CT molecular complexity index is 1310. The van der Waals surface area contributed by atoms with E-state index in [0.717, 1.165) is 46.9 Å². The number of non-ortho nitro benzene ring substituents is 1. The molecule has 1 aliphatic heterocycles. The number of aromatic nitrogens is 1. The molecule has 0 radical (unpaired) electrons. The highest BCUT2D eigenvalue weighted by Gasteiger charge is 2.43.